The summed E-state index contributed by atoms with van der Waals surface area (Å²) in [7, 11) is 0. The van der Waals surface area contributed by atoms with Crippen molar-refractivity contribution in [3.8, 4) is 23.7 Å². The van der Waals surface area contributed by atoms with E-state index in [-0.39, 0.29) is 11.1 Å². The van der Waals surface area contributed by atoms with Gasteiger partial charge in [0.25, 0.3) is 0 Å². The van der Waals surface area contributed by atoms with Crippen molar-refractivity contribution in [2.45, 2.75) is 51.6 Å². The standard InChI is InChI=1S/C34H27F5/c1-2-3-4-5-6-7-24-8-10-25(11-9-24)12-13-26-15-20-30-29(22-26)19-18-28(33(30)36)17-14-27-16-21-31(32(35)23-27)34(37,38)39/h8-11,15-16,18-23H,2-7H2,1H3. The van der Waals surface area contributed by atoms with Crippen molar-refractivity contribution < 1.29 is 22.0 Å². The second-order valence-corrected chi connectivity index (χ2v) is 9.42. The summed E-state index contributed by atoms with van der Waals surface area (Å²) in [6.45, 7) is 2.21. The summed E-state index contributed by atoms with van der Waals surface area (Å²) in [4.78, 5) is 0. The third-order valence-corrected chi connectivity index (χ3v) is 6.44. The Bertz CT molecular complexity index is 1570. The van der Waals surface area contributed by atoms with Crippen molar-refractivity contribution in [3.63, 3.8) is 0 Å². The molecule has 0 unspecified atom stereocenters. The molecule has 4 aromatic carbocycles. The lowest BCUT2D eigenvalue weighted by Crippen LogP contribution is -2.07. The van der Waals surface area contributed by atoms with Crippen molar-refractivity contribution in [2.75, 3.05) is 0 Å². The summed E-state index contributed by atoms with van der Waals surface area (Å²) in [5.41, 5.74) is 1.66. The average Bonchev–Trinajstić information content (AvgIpc) is 2.91. The molecule has 0 aliphatic carbocycles. The minimum absolute atomic E-state index is 0.0191. The van der Waals surface area contributed by atoms with Gasteiger partial charge >= 0.3 is 6.18 Å². The number of halogens is 5. The Morgan fingerprint density at radius 2 is 1.28 bits per heavy atom. The monoisotopic (exact) mass is 530 g/mol. The number of aryl methyl sites for hydroxylation is 1. The molecule has 0 heterocycles. The normalized spacial score (nSPS) is 11.0. The molecule has 0 saturated carbocycles. The zero-order valence-corrected chi connectivity index (χ0v) is 21.6. The van der Waals surface area contributed by atoms with Gasteiger partial charge in [-0.05, 0) is 72.3 Å². The molecule has 0 spiro atoms. The minimum atomic E-state index is -4.79. The summed E-state index contributed by atoms with van der Waals surface area (Å²) in [6, 6.07) is 19.0. The second-order valence-electron chi connectivity index (χ2n) is 9.42. The Kier molecular flexibility index (Phi) is 9.05. The molecule has 4 rings (SSSR count). The van der Waals surface area contributed by atoms with Crippen LogP contribution in [0.1, 0.15) is 72.4 Å². The van der Waals surface area contributed by atoms with E-state index in [1.165, 1.54) is 43.7 Å². The summed E-state index contributed by atoms with van der Waals surface area (Å²) in [5, 5.41) is 0.984. The third-order valence-electron chi connectivity index (χ3n) is 6.44. The van der Waals surface area contributed by atoms with E-state index in [9.17, 15) is 17.6 Å². The first-order chi connectivity index (χ1) is 18.7. The van der Waals surface area contributed by atoms with Crippen LogP contribution < -0.4 is 0 Å². The van der Waals surface area contributed by atoms with Crippen molar-refractivity contribution in [1.82, 2.24) is 0 Å². The van der Waals surface area contributed by atoms with Crippen molar-refractivity contribution in [2.24, 2.45) is 0 Å². The van der Waals surface area contributed by atoms with Gasteiger partial charge in [0.1, 0.15) is 11.6 Å². The van der Waals surface area contributed by atoms with Crippen LogP contribution in [-0.4, -0.2) is 0 Å². The molecule has 4 aromatic rings. The number of alkyl halides is 3. The fourth-order valence-electron chi connectivity index (χ4n) is 4.26. The molecule has 0 nitrogen and oxygen atoms in total. The Hall–Kier alpha value is -4.09. The lowest BCUT2D eigenvalue weighted by molar-refractivity contribution is -0.140. The van der Waals surface area contributed by atoms with Gasteiger partial charge in [-0.1, -0.05) is 80.6 Å². The van der Waals surface area contributed by atoms with E-state index in [2.05, 4.69) is 42.7 Å². The van der Waals surface area contributed by atoms with Crippen LogP contribution in [0.2, 0.25) is 0 Å². The Morgan fingerprint density at radius 3 is 2.00 bits per heavy atom. The van der Waals surface area contributed by atoms with Crippen LogP contribution in [0.25, 0.3) is 10.8 Å². The molecule has 0 saturated heterocycles. The van der Waals surface area contributed by atoms with E-state index < -0.39 is 23.4 Å². The molecule has 0 aliphatic heterocycles. The first-order valence-corrected chi connectivity index (χ1v) is 13.0. The van der Waals surface area contributed by atoms with E-state index in [0.29, 0.717) is 22.9 Å². The molecule has 5 heteroatoms. The highest BCUT2D eigenvalue weighted by atomic mass is 19.4. The van der Waals surface area contributed by atoms with Gasteiger partial charge in [0.05, 0.1) is 11.1 Å². The lowest BCUT2D eigenvalue weighted by Gasteiger charge is -2.07. The van der Waals surface area contributed by atoms with Gasteiger partial charge in [-0.15, -0.1) is 0 Å². The van der Waals surface area contributed by atoms with Gasteiger partial charge in [0.2, 0.25) is 0 Å². The lowest BCUT2D eigenvalue weighted by atomic mass is 10.0. The largest absolute Gasteiger partial charge is 0.419 e. The fraction of sp³-hybridized carbons (Fsp3) is 0.235. The SMILES string of the molecule is CCCCCCCc1ccc(C#Cc2ccc3c(F)c(C#Cc4ccc(C(F)(F)F)c(F)c4)ccc3c2)cc1. The van der Waals surface area contributed by atoms with E-state index in [1.807, 2.05) is 12.1 Å². The molecule has 0 amide bonds. The first kappa shape index (κ1) is 27.9. The summed E-state index contributed by atoms with van der Waals surface area (Å²) in [5.74, 6) is 9.43. The number of rotatable bonds is 6. The molecular formula is C34H27F5. The van der Waals surface area contributed by atoms with Crippen molar-refractivity contribution in [3.05, 3.63) is 118 Å². The summed E-state index contributed by atoms with van der Waals surface area (Å²) in [6.07, 6.45) is 2.55. The van der Waals surface area contributed by atoms with E-state index in [0.717, 1.165) is 23.6 Å². The summed E-state index contributed by atoms with van der Waals surface area (Å²) < 4.78 is 67.1. The second kappa shape index (κ2) is 12.6. The average molecular weight is 531 g/mol. The molecule has 198 valence electrons. The maximum atomic E-state index is 15.1. The number of hydrogen-bond donors (Lipinski definition) is 0. The zero-order valence-electron chi connectivity index (χ0n) is 21.6. The molecule has 0 N–H and O–H groups in total. The highest BCUT2D eigenvalue weighted by molar-refractivity contribution is 5.86. The molecule has 0 fully saturated rings. The minimum Gasteiger partial charge on any atom is -0.206 e. The topological polar surface area (TPSA) is 0 Å². The predicted octanol–water partition coefficient (Wildman–Crippen LogP) is 9.45. The predicted molar refractivity (Wildman–Crippen MR) is 146 cm³/mol. The molecule has 0 aromatic heterocycles. The quantitative estimate of drug-likeness (QED) is 0.132. The van der Waals surface area contributed by atoms with Gasteiger partial charge in [-0.3, -0.25) is 0 Å². The Labute approximate surface area is 225 Å². The number of unbranched alkanes of at least 4 members (excludes halogenated alkanes) is 4. The van der Waals surface area contributed by atoms with Crippen molar-refractivity contribution >= 4 is 10.8 Å². The van der Waals surface area contributed by atoms with Crippen LogP contribution in [0.5, 0.6) is 0 Å². The number of hydrogen-bond acceptors (Lipinski definition) is 0. The first-order valence-electron chi connectivity index (χ1n) is 13.0. The molecule has 39 heavy (non-hydrogen) atoms. The number of benzene rings is 4. The van der Waals surface area contributed by atoms with Gasteiger partial charge < -0.3 is 0 Å². The smallest absolute Gasteiger partial charge is 0.206 e. The van der Waals surface area contributed by atoms with E-state index in [4.69, 9.17) is 0 Å². The number of fused-ring (bicyclic) bond motifs is 1. The van der Waals surface area contributed by atoms with Gasteiger partial charge in [0.15, 0.2) is 0 Å². The summed E-state index contributed by atoms with van der Waals surface area (Å²) >= 11 is 0. The molecule has 0 bridgehead atoms. The van der Waals surface area contributed by atoms with Crippen LogP contribution in [0, 0.1) is 35.3 Å². The molecule has 0 radical (unpaired) electrons. The van der Waals surface area contributed by atoms with Crippen LogP contribution in [0.3, 0.4) is 0 Å². The highest BCUT2D eigenvalue weighted by Gasteiger charge is 2.33. The third kappa shape index (κ3) is 7.49. The van der Waals surface area contributed by atoms with Crippen LogP contribution in [0.15, 0.2) is 72.8 Å². The van der Waals surface area contributed by atoms with Crippen molar-refractivity contribution in [1.29, 1.82) is 0 Å². The van der Waals surface area contributed by atoms with Gasteiger partial charge in [0, 0.05) is 22.1 Å². The highest BCUT2D eigenvalue weighted by Crippen LogP contribution is 2.31. The Morgan fingerprint density at radius 1 is 0.641 bits per heavy atom. The fourth-order valence-corrected chi connectivity index (χ4v) is 4.26. The van der Waals surface area contributed by atoms with Crippen LogP contribution in [0.4, 0.5) is 22.0 Å². The van der Waals surface area contributed by atoms with Crippen LogP contribution in [-0.2, 0) is 12.6 Å². The van der Waals surface area contributed by atoms with Crippen LogP contribution >= 0.6 is 0 Å². The molecule has 0 aliphatic rings. The molecular weight excluding hydrogens is 503 g/mol. The maximum Gasteiger partial charge on any atom is 0.419 e. The molecule has 0 atom stereocenters. The van der Waals surface area contributed by atoms with E-state index >= 15 is 4.39 Å². The Balaban J connectivity index is 1.46. The van der Waals surface area contributed by atoms with Gasteiger partial charge in [-0.25, -0.2) is 8.78 Å². The van der Waals surface area contributed by atoms with E-state index in [1.54, 1.807) is 24.3 Å². The zero-order chi connectivity index (χ0) is 27.8. The van der Waals surface area contributed by atoms with Gasteiger partial charge in [-0.2, -0.15) is 13.2 Å². The maximum absolute atomic E-state index is 15.1.